The number of nitrogens with one attached hydrogen (secondary N) is 3. The van der Waals surface area contributed by atoms with Crippen LogP contribution in [0.3, 0.4) is 0 Å². The molecule has 1 fully saturated rings. The Bertz CT molecular complexity index is 1280. The van der Waals surface area contributed by atoms with E-state index in [1.54, 1.807) is 30.6 Å². The minimum Gasteiger partial charge on any atom is -0.481 e. The number of anilines is 2. The van der Waals surface area contributed by atoms with Crippen molar-refractivity contribution in [2.45, 2.75) is 42.8 Å². The zero-order valence-electron chi connectivity index (χ0n) is 20.0. The summed E-state index contributed by atoms with van der Waals surface area (Å²) < 4.78 is 5.20. The number of rotatable bonds is 6. The molecular weight excluding hydrogens is 539 g/mol. The molecule has 13 heteroatoms. The Hall–Kier alpha value is -2.70. The van der Waals surface area contributed by atoms with Gasteiger partial charge in [0.25, 0.3) is 0 Å². The van der Waals surface area contributed by atoms with E-state index in [-0.39, 0.29) is 48.6 Å². The van der Waals surface area contributed by atoms with E-state index in [1.807, 2.05) is 6.07 Å². The second-order valence-corrected chi connectivity index (χ2v) is 9.66. The molecule has 0 radical (unpaired) electrons. The summed E-state index contributed by atoms with van der Waals surface area (Å²) in [7, 11) is 1.54. The Morgan fingerprint density at radius 3 is 2.86 bits per heavy atom. The van der Waals surface area contributed by atoms with Gasteiger partial charge in [-0.3, -0.25) is 19.6 Å². The maximum atomic E-state index is 13.0. The highest BCUT2D eigenvalue weighted by Crippen LogP contribution is 2.31. The van der Waals surface area contributed by atoms with Crippen LogP contribution in [-0.4, -0.2) is 56.9 Å². The lowest BCUT2D eigenvalue weighted by Crippen LogP contribution is -2.46. The van der Waals surface area contributed by atoms with Gasteiger partial charge in [0.15, 0.2) is 0 Å². The van der Waals surface area contributed by atoms with Crippen LogP contribution in [0.2, 0.25) is 0 Å². The molecule has 1 aliphatic heterocycles. The fourth-order valence-electron chi connectivity index (χ4n) is 4.44. The zero-order chi connectivity index (χ0) is 24.4. The number of aliphatic hydroxyl groups is 1. The zero-order valence-corrected chi connectivity index (χ0v) is 22.4. The van der Waals surface area contributed by atoms with Crippen LogP contribution in [0, 0.1) is 5.92 Å². The van der Waals surface area contributed by atoms with Crippen molar-refractivity contribution in [3.63, 3.8) is 0 Å². The third kappa shape index (κ3) is 6.60. The first-order valence-corrected chi connectivity index (χ1v) is 12.4. The topological polar surface area (TPSA) is 138 Å². The summed E-state index contributed by atoms with van der Waals surface area (Å²) >= 11 is 1.47. The molecule has 5 rings (SSSR count). The minimum atomic E-state index is -0.667. The number of aliphatic hydroxyl groups excluding tert-OH is 1. The van der Waals surface area contributed by atoms with Crippen molar-refractivity contribution < 1.29 is 19.4 Å². The third-order valence-electron chi connectivity index (χ3n) is 6.32. The first-order chi connectivity index (χ1) is 17.0. The van der Waals surface area contributed by atoms with E-state index in [0.717, 1.165) is 16.3 Å². The Morgan fingerprint density at radius 2 is 2.08 bits per heavy atom. The van der Waals surface area contributed by atoms with E-state index in [2.05, 4.69) is 30.9 Å². The Balaban J connectivity index is 0.00000190. The maximum Gasteiger partial charge on any atom is 0.234 e. The van der Waals surface area contributed by atoms with E-state index in [9.17, 15) is 14.7 Å². The average Bonchev–Trinajstić information content (AvgIpc) is 2.87. The van der Waals surface area contributed by atoms with Crippen molar-refractivity contribution in [2.24, 2.45) is 5.92 Å². The van der Waals surface area contributed by atoms with Crippen molar-refractivity contribution in [3.8, 4) is 5.88 Å². The molecule has 4 heterocycles. The Kier molecular flexibility index (Phi) is 9.91. The Labute approximate surface area is 230 Å². The van der Waals surface area contributed by atoms with E-state index in [0.29, 0.717) is 54.2 Å². The van der Waals surface area contributed by atoms with Gasteiger partial charge in [0.1, 0.15) is 5.52 Å². The van der Waals surface area contributed by atoms with Crippen molar-refractivity contribution in [1.82, 2.24) is 20.3 Å². The number of ether oxygens (including phenoxy) is 1. The molecular formula is C24H28Cl2N6O4S. The standard InChI is InChI=1S/C24H26N6O4S.2ClH/c1-34-22-5-4-16-23(30-22)17(6-7-25-16)29-24(33)13-2-3-15(19(31)8-13)27-10-14-9-18-20(11-26-14)35-12-21(32)28-18;;/h4-7,9,11,13,15,19,27,31H,2-3,8,10,12H2,1H3,(H,28,32)(H,25,29,33);2*1H/t13-,15-,19-;;/m1../s1. The highest BCUT2D eigenvalue weighted by Gasteiger charge is 2.33. The van der Waals surface area contributed by atoms with E-state index in [4.69, 9.17) is 4.74 Å². The quantitative estimate of drug-likeness (QED) is 0.354. The largest absolute Gasteiger partial charge is 0.481 e. The van der Waals surface area contributed by atoms with Crippen LogP contribution < -0.4 is 20.7 Å². The SMILES string of the molecule is COc1ccc2nccc(NC(=O)[C@@H]3CC[C@@H](NCc4cc5c(cn4)SCC(=O)N5)[C@H](O)C3)c2n1.Cl.Cl. The van der Waals surface area contributed by atoms with Crippen molar-refractivity contribution in [3.05, 3.63) is 42.4 Å². The summed E-state index contributed by atoms with van der Waals surface area (Å²) in [6.07, 6.45) is 4.37. The molecule has 3 atom stereocenters. The van der Waals surface area contributed by atoms with Crippen molar-refractivity contribution >= 4 is 70.8 Å². The molecule has 37 heavy (non-hydrogen) atoms. The van der Waals surface area contributed by atoms with Crippen LogP contribution >= 0.6 is 36.6 Å². The van der Waals surface area contributed by atoms with Crippen LogP contribution in [0.4, 0.5) is 11.4 Å². The number of halogens is 2. The molecule has 2 amide bonds. The van der Waals surface area contributed by atoms with Gasteiger partial charge in [0.2, 0.25) is 17.7 Å². The van der Waals surface area contributed by atoms with Gasteiger partial charge in [-0.25, -0.2) is 4.98 Å². The number of nitrogens with zero attached hydrogens (tertiary/aromatic N) is 3. The van der Waals surface area contributed by atoms with Gasteiger partial charge in [0, 0.05) is 41.9 Å². The average molecular weight is 567 g/mol. The normalized spacial score (nSPS) is 20.6. The number of fused-ring (bicyclic) bond motifs is 2. The molecule has 1 saturated carbocycles. The van der Waals surface area contributed by atoms with E-state index < -0.39 is 6.10 Å². The molecule has 0 bridgehead atoms. The minimum absolute atomic E-state index is 0. The highest BCUT2D eigenvalue weighted by molar-refractivity contribution is 8.00. The smallest absolute Gasteiger partial charge is 0.234 e. The summed E-state index contributed by atoms with van der Waals surface area (Å²) in [5.41, 5.74) is 3.34. The summed E-state index contributed by atoms with van der Waals surface area (Å²) in [5, 5.41) is 19.9. The predicted octanol–water partition coefficient (Wildman–Crippen LogP) is 3.18. The first-order valence-electron chi connectivity index (χ1n) is 11.4. The fourth-order valence-corrected chi connectivity index (χ4v) is 5.19. The molecule has 0 spiro atoms. The number of carbonyl (C=O) groups is 2. The number of hydrogen-bond donors (Lipinski definition) is 4. The van der Waals surface area contributed by atoms with Crippen LogP contribution in [-0.2, 0) is 16.1 Å². The Morgan fingerprint density at radius 1 is 1.24 bits per heavy atom. The molecule has 1 aliphatic carbocycles. The fraction of sp³-hybridized carbons (Fsp3) is 0.375. The second kappa shape index (κ2) is 12.7. The summed E-state index contributed by atoms with van der Waals surface area (Å²) in [4.78, 5) is 38.7. The van der Waals surface area contributed by atoms with Gasteiger partial charge >= 0.3 is 0 Å². The molecule has 0 aromatic carbocycles. The molecule has 3 aromatic rings. The summed E-state index contributed by atoms with van der Waals surface area (Å²) in [6, 6.07) is 6.94. The number of amides is 2. The molecule has 198 valence electrons. The molecule has 2 aliphatic rings. The number of aromatic nitrogens is 3. The van der Waals surface area contributed by atoms with Crippen molar-refractivity contribution in [1.29, 1.82) is 0 Å². The van der Waals surface area contributed by atoms with Crippen LogP contribution in [0.25, 0.3) is 11.0 Å². The molecule has 0 unspecified atom stereocenters. The molecule has 0 saturated heterocycles. The van der Waals surface area contributed by atoms with E-state index >= 15 is 0 Å². The first kappa shape index (κ1) is 28.9. The lowest BCUT2D eigenvalue weighted by Gasteiger charge is -2.33. The van der Waals surface area contributed by atoms with Gasteiger partial charge in [-0.2, -0.15) is 0 Å². The van der Waals surface area contributed by atoms with Crippen molar-refractivity contribution in [2.75, 3.05) is 23.5 Å². The number of hydrogen-bond acceptors (Lipinski definition) is 9. The van der Waals surface area contributed by atoms with Gasteiger partial charge in [-0.1, -0.05) is 0 Å². The highest BCUT2D eigenvalue weighted by atomic mass is 35.5. The molecule has 3 aromatic heterocycles. The van der Waals surface area contributed by atoms with Crippen LogP contribution in [0.1, 0.15) is 25.0 Å². The predicted molar refractivity (Wildman–Crippen MR) is 147 cm³/mol. The number of methoxy groups -OCH3 is 1. The monoisotopic (exact) mass is 566 g/mol. The third-order valence-corrected chi connectivity index (χ3v) is 7.36. The molecule has 10 nitrogen and oxygen atoms in total. The van der Waals surface area contributed by atoms with Gasteiger partial charge in [-0.05, 0) is 37.5 Å². The van der Waals surface area contributed by atoms with Crippen LogP contribution in [0.15, 0.2) is 41.6 Å². The summed E-state index contributed by atoms with van der Waals surface area (Å²) in [5.74, 6) is 0.360. The number of carbonyl (C=O) groups excluding carboxylic acids is 2. The van der Waals surface area contributed by atoms with Gasteiger partial charge in [0.05, 0.1) is 41.6 Å². The number of thioether (sulfide) groups is 1. The van der Waals surface area contributed by atoms with Crippen LogP contribution in [0.5, 0.6) is 5.88 Å². The van der Waals surface area contributed by atoms with Gasteiger partial charge in [-0.15, -0.1) is 36.6 Å². The maximum absolute atomic E-state index is 13.0. The summed E-state index contributed by atoms with van der Waals surface area (Å²) in [6.45, 7) is 0.461. The van der Waals surface area contributed by atoms with E-state index in [1.165, 1.54) is 18.9 Å². The van der Waals surface area contributed by atoms with Gasteiger partial charge < -0.3 is 25.8 Å². The molecule has 4 N–H and O–H groups in total. The lowest BCUT2D eigenvalue weighted by atomic mass is 9.83. The lowest BCUT2D eigenvalue weighted by molar-refractivity contribution is -0.122. The second-order valence-electron chi connectivity index (χ2n) is 8.64. The number of pyridine rings is 3.